The maximum atomic E-state index is 3.69. The van der Waals surface area contributed by atoms with Crippen LogP contribution < -0.4 is 5.32 Å². The minimum Gasteiger partial charge on any atom is -0.315 e. The normalized spacial score (nSPS) is 26.7. The highest BCUT2D eigenvalue weighted by molar-refractivity contribution is 4.87. The van der Waals surface area contributed by atoms with Crippen molar-refractivity contribution in [1.82, 2.24) is 15.1 Å². The summed E-state index contributed by atoms with van der Waals surface area (Å²) < 4.78 is 0. The van der Waals surface area contributed by atoms with Crippen LogP contribution in [-0.2, 0) is 0 Å². The summed E-state index contributed by atoms with van der Waals surface area (Å²) in [6, 6.07) is 1.60. The number of hydrogen-bond donors (Lipinski definition) is 1. The van der Waals surface area contributed by atoms with E-state index in [1.807, 2.05) is 0 Å². The van der Waals surface area contributed by atoms with Crippen molar-refractivity contribution in [3.63, 3.8) is 0 Å². The molecule has 0 bridgehead atoms. The van der Waals surface area contributed by atoms with Crippen molar-refractivity contribution < 1.29 is 0 Å². The van der Waals surface area contributed by atoms with Crippen molar-refractivity contribution >= 4 is 0 Å². The zero-order chi connectivity index (χ0) is 14.4. The zero-order valence-electron chi connectivity index (χ0n) is 13.9. The largest absolute Gasteiger partial charge is 0.315 e. The van der Waals surface area contributed by atoms with Crippen molar-refractivity contribution in [2.24, 2.45) is 5.92 Å². The first-order valence-corrected chi connectivity index (χ1v) is 8.89. The van der Waals surface area contributed by atoms with Crippen molar-refractivity contribution in [1.29, 1.82) is 0 Å². The zero-order valence-corrected chi connectivity index (χ0v) is 13.9. The lowest BCUT2D eigenvalue weighted by Gasteiger charge is -2.33. The molecule has 2 saturated heterocycles. The quantitative estimate of drug-likeness (QED) is 0.774. The van der Waals surface area contributed by atoms with Gasteiger partial charge in [-0.05, 0) is 57.8 Å². The van der Waals surface area contributed by atoms with Crippen molar-refractivity contribution in [3.05, 3.63) is 0 Å². The summed E-state index contributed by atoms with van der Waals surface area (Å²) in [4.78, 5) is 5.54. The fourth-order valence-electron chi connectivity index (χ4n) is 3.85. The highest BCUT2D eigenvalue weighted by atomic mass is 15.3. The van der Waals surface area contributed by atoms with Crippen LogP contribution in [0.15, 0.2) is 0 Å². The average molecular weight is 281 g/mol. The van der Waals surface area contributed by atoms with Gasteiger partial charge in [-0.1, -0.05) is 27.2 Å². The van der Waals surface area contributed by atoms with E-state index in [1.165, 1.54) is 64.8 Å². The third kappa shape index (κ3) is 4.71. The van der Waals surface area contributed by atoms with E-state index in [0.29, 0.717) is 0 Å². The number of rotatable bonds is 7. The van der Waals surface area contributed by atoms with Crippen LogP contribution in [0, 0.1) is 5.92 Å². The van der Waals surface area contributed by atoms with Gasteiger partial charge in [0.15, 0.2) is 0 Å². The van der Waals surface area contributed by atoms with Gasteiger partial charge in [0, 0.05) is 25.2 Å². The van der Waals surface area contributed by atoms with E-state index in [0.717, 1.165) is 24.5 Å². The van der Waals surface area contributed by atoms with E-state index in [2.05, 4.69) is 35.9 Å². The van der Waals surface area contributed by atoms with E-state index in [4.69, 9.17) is 0 Å². The molecule has 0 amide bonds. The number of fused-ring (bicyclic) bond motifs is 1. The highest BCUT2D eigenvalue weighted by Gasteiger charge is 2.31. The smallest absolute Gasteiger partial charge is 0.0223 e. The molecule has 1 N–H and O–H groups in total. The Morgan fingerprint density at radius 3 is 2.65 bits per heavy atom. The molecule has 0 aromatic carbocycles. The van der Waals surface area contributed by atoms with Crippen LogP contribution in [-0.4, -0.2) is 61.2 Å². The molecule has 3 heteroatoms. The van der Waals surface area contributed by atoms with Gasteiger partial charge >= 0.3 is 0 Å². The first-order chi connectivity index (χ1) is 9.70. The van der Waals surface area contributed by atoms with Gasteiger partial charge in [0.25, 0.3) is 0 Å². The average Bonchev–Trinajstić information content (AvgIpc) is 2.75. The summed E-state index contributed by atoms with van der Waals surface area (Å²) in [6.07, 6.45) is 6.86. The van der Waals surface area contributed by atoms with Gasteiger partial charge in [-0.15, -0.1) is 0 Å². The Kier molecular flexibility index (Phi) is 6.79. The number of nitrogens with one attached hydrogen (secondary N) is 1. The lowest BCUT2D eigenvalue weighted by atomic mass is 10.1. The molecular formula is C17H35N3. The Hall–Kier alpha value is -0.120. The molecule has 2 fully saturated rings. The van der Waals surface area contributed by atoms with Crippen LogP contribution >= 0.6 is 0 Å². The molecule has 0 spiro atoms. The highest BCUT2D eigenvalue weighted by Crippen LogP contribution is 2.23. The van der Waals surface area contributed by atoms with Crippen LogP contribution in [0.2, 0.25) is 0 Å². The molecule has 0 aromatic heterocycles. The third-order valence-electron chi connectivity index (χ3n) is 4.91. The summed E-state index contributed by atoms with van der Waals surface area (Å²) in [5, 5.41) is 3.69. The lowest BCUT2D eigenvalue weighted by molar-refractivity contribution is 0.161. The lowest BCUT2D eigenvalue weighted by Crippen LogP contribution is -2.46. The molecule has 2 rings (SSSR count). The SMILES string of the molecule is CCCC(CNCC(C)C)N1CCCN2CCCC2C1. The van der Waals surface area contributed by atoms with Gasteiger partial charge in [-0.2, -0.15) is 0 Å². The Balaban J connectivity index is 1.86. The van der Waals surface area contributed by atoms with Crippen LogP contribution in [0.5, 0.6) is 0 Å². The summed E-state index contributed by atoms with van der Waals surface area (Å²) in [6.45, 7) is 14.6. The van der Waals surface area contributed by atoms with Gasteiger partial charge in [-0.25, -0.2) is 0 Å². The van der Waals surface area contributed by atoms with Crippen LogP contribution in [0.4, 0.5) is 0 Å². The maximum absolute atomic E-state index is 3.69. The predicted octanol–water partition coefficient (Wildman–Crippen LogP) is 2.57. The molecule has 0 saturated carbocycles. The van der Waals surface area contributed by atoms with E-state index < -0.39 is 0 Å². The Bertz CT molecular complexity index is 267. The topological polar surface area (TPSA) is 18.5 Å². The molecule has 2 heterocycles. The standard InChI is InChI=1S/C17H35N3/c1-4-7-16(13-18-12-15(2)3)20-11-6-10-19-9-5-8-17(19)14-20/h15-18H,4-14H2,1-3H3. The molecular weight excluding hydrogens is 246 g/mol. The minimum absolute atomic E-state index is 0.749. The van der Waals surface area contributed by atoms with Crippen molar-refractivity contribution in [2.45, 2.75) is 65.0 Å². The molecule has 2 unspecified atom stereocenters. The molecule has 3 nitrogen and oxygen atoms in total. The van der Waals surface area contributed by atoms with E-state index in [-0.39, 0.29) is 0 Å². The Morgan fingerprint density at radius 1 is 1.10 bits per heavy atom. The Morgan fingerprint density at radius 2 is 1.90 bits per heavy atom. The molecule has 0 aromatic rings. The summed E-state index contributed by atoms with van der Waals surface area (Å²) in [7, 11) is 0. The third-order valence-corrected chi connectivity index (χ3v) is 4.91. The van der Waals surface area contributed by atoms with E-state index in [1.54, 1.807) is 0 Å². The van der Waals surface area contributed by atoms with Gasteiger partial charge in [0.1, 0.15) is 0 Å². The molecule has 0 radical (unpaired) electrons. The monoisotopic (exact) mass is 281 g/mol. The maximum Gasteiger partial charge on any atom is 0.0223 e. The number of nitrogens with zero attached hydrogens (tertiary/aromatic N) is 2. The number of hydrogen-bond acceptors (Lipinski definition) is 3. The summed E-state index contributed by atoms with van der Waals surface area (Å²) in [5.41, 5.74) is 0. The molecule has 20 heavy (non-hydrogen) atoms. The van der Waals surface area contributed by atoms with Gasteiger partial charge in [0.2, 0.25) is 0 Å². The molecule has 0 aliphatic carbocycles. The van der Waals surface area contributed by atoms with E-state index in [9.17, 15) is 0 Å². The summed E-state index contributed by atoms with van der Waals surface area (Å²) in [5.74, 6) is 0.756. The van der Waals surface area contributed by atoms with E-state index >= 15 is 0 Å². The molecule has 2 atom stereocenters. The van der Waals surface area contributed by atoms with Gasteiger partial charge in [0.05, 0.1) is 0 Å². The van der Waals surface area contributed by atoms with Gasteiger partial charge < -0.3 is 5.32 Å². The Labute approximate surface area is 126 Å². The second-order valence-corrected chi connectivity index (χ2v) is 7.18. The predicted molar refractivity (Wildman–Crippen MR) is 87.2 cm³/mol. The second-order valence-electron chi connectivity index (χ2n) is 7.18. The summed E-state index contributed by atoms with van der Waals surface area (Å²) >= 11 is 0. The van der Waals surface area contributed by atoms with Crippen LogP contribution in [0.3, 0.4) is 0 Å². The second kappa shape index (κ2) is 8.35. The first-order valence-electron chi connectivity index (χ1n) is 8.89. The van der Waals surface area contributed by atoms with Crippen molar-refractivity contribution in [3.8, 4) is 0 Å². The minimum atomic E-state index is 0.749. The molecule has 118 valence electrons. The molecule has 2 aliphatic rings. The van der Waals surface area contributed by atoms with Gasteiger partial charge in [-0.3, -0.25) is 9.80 Å². The van der Waals surface area contributed by atoms with Crippen LogP contribution in [0.1, 0.15) is 52.9 Å². The fraction of sp³-hybridized carbons (Fsp3) is 1.00. The fourth-order valence-corrected chi connectivity index (χ4v) is 3.85. The van der Waals surface area contributed by atoms with Crippen LogP contribution in [0.25, 0.3) is 0 Å². The molecule has 2 aliphatic heterocycles. The van der Waals surface area contributed by atoms with Crippen molar-refractivity contribution in [2.75, 3.05) is 39.3 Å². The first kappa shape index (κ1) is 16.3.